The van der Waals surface area contributed by atoms with Crippen LogP contribution in [0.2, 0.25) is 18.1 Å². The normalized spacial score (nSPS) is 14.4. The van der Waals surface area contributed by atoms with Crippen LogP contribution >= 0.6 is 0 Å². The lowest BCUT2D eigenvalue weighted by Gasteiger charge is -2.41. The SMILES string of the molecule is COc1cc([C@@H](O[Si](C)(C)C(C)(C)C)[C@H](COS(C)(=O)=O)OCCc2ccccc2)cc(OC)c1C. The summed E-state index contributed by atoms with van der Waals surface area (Å²) in [6.45, 7) is 12.9. The van der Waals surface area contributed by atoms with E-state index in [0.717, 1.165) is 22.9 Å². The van der Waals surface area contributed by atoms with E-state index in [1.165, 1.54) is 0 Å². The summed E-state index contributed by atoms with van der Waals surface area (Å²) in [5, 5.41) is -0.0869. The maximum absolute atomic E-state index is 11.9. The average Bonchev–Trinajstić information content (AvgIpc) is 2.79. The lowest BCUT2D eigenvalue weighted by Crippen LogP contribution is -2.45. The predicted octanol–water partition coefficient (Wildman–Crippen LogP) is 5.68. The van der Waals surface area contributed by atoms with Gasteiger partial charge in [0.2, 0.25) is 0 Å². The molecule has 2 aromatic rings. The van der Waals surface area contributed by atoms with Crippen molar-refractivity contribution >= 4 is 18.4 Å². The minimum atomic E-state index is -3.69. The molecule has 0 amide bonds. The van der Waals surface area contributed by atoms with Gasteiger partial charge in [-0.3, -0.25) is 4.18 Å². The molecule has 0 aliphatic carbocycles. The van der Waals surface area contributed by atoms with Gasteiger partial charge in [0.25, 0.3) is 10.1 Å². The van der Waals surface area contributed by atoms with E-state index in [1.807, 2.05) is 49.4 Å². The molecule has 0 bridgehead atoms. The Morgan fingerprint density at radius 3 is 2.00 bits per heavy atom. The second-order valence-electron chi connectivity index (χ2n) is 10.5. The summed E-state index contributed by atoms with van der Waals surface area (Å²) < 4.78 is 53.6. The van der Waals surface area contributed by atoms with Crippen molar-refractivity contribution in [1.82, 2.24) is 0 Å². The lowest BCUT2D eigenvalue weighted by molar-refractivity contribution is -0.0522. The summed E-state index contributed by atoms with van der Waals surface area (Å²) >= 11 is 0. The van der Waals surface area contributed by atoms with Crippen molar-refractivity contribution in [3.05, 3.63) is 59.2 Å². The van der Waals surface area contributed by atoms with E-state index in [0.29, 0.717) is 24.5 Å². The maximum Gasteiger partial charge on any atom is 0.264 e. The molecule has 9 heteroatoms. The second kappa shape index (κ2) is 12.6. The lowest BCUT2D eigenvalue weighted by atomic mass is 10.0. The molecule has 2 rings (SSSR count). The first-order valence-corrected chi connectivity index (χ1v) is 16.8. The Labute approximate surface area is 218 Å². The first kappa shape index (κ1) is 30.3. The molecule has 0 aromatic heterocycles. The zero-order valence-electron chi connectivity index (χ0n) is 23.1. The fourth-order valence-electron chi connectivity index (χ4n) is 3.51. The fourth-order valence-corrected chi connectivity index (χ4v) is 5.17. The maximum atomic E-state index is 11.9. The summed E-state index contributed by atoms with van der Waals surface area (Å²) in [6, 6.07) is 13.8. The summed E-state index contributed by atoms with van der Waals surface area (Å²) in [5.41, 5.74) is 2.77. The van der Waals surface area contributed by atoms with Crippen LogP contribution in [-0.4, -0.2) is 56.5 Å². The number of hydrogen-bond donors (Lipinski definition) is 0. The molecule has 2 aromatic carbocycles. The van der Waals surface area contributed by atoms with Crippen molar-refractivity contribution in [2.24, 2.45) is 0 Å². The highest BCUT2D eigenvalue weighted by atomic mass is 32.2. The number of methoxy groups -OCH3 is 2. The Bertz CT molecular complexity index is 1050. The van der Waals surface area contributed by atoms with Crippen LogP contribution in [0.15, 0.2) is 42.5 Å². The Morgan fingerprint density at radius 1 is 0.972 bits per heavy atom. The van der Waals surface area contributed by atoms with E-state index in [1.54, 1.807) is 14.2 Å². The third-order valence-electron chi connectivity index (χ3n) is 6.68. The van der Waals surface area contributed by atoms with Crippen molar-refractivity contribution in [3.8, 4) is 11.5 Å². The average molecular weight is 539 g/mol. The molecule has 202 valence electrons. The van der Waals surface area contributed by atoms with Crippen LogP contribution in [0.4, 0.5) is 0 Å². The smallest absolute Gasteiger partial charge is 0.264 e. The summed E-state index contributed by atoms with van der Waals surface area (Å²) in [4.78, 5) is 0. The van der Waals surface area contributed by atoms with Crippen molar-refractivity contribution in [1.29, 1.82) is 0 Å². The van der Waals surface area contributed by atoms with Gasteiger partial charge in [0.15, 0.2) is 8.32 Å². The minimum Gasteiger partial charge on any atom is -0.496 e. The molecule has 0 spiro atoms. The Kier molecular flexibility index (Phi) is 10.6. The van der Waals surface area contributed by atoms with E-state index in [4.69, 9.17) is 22.8 Å². The van der Waals surface area contributed by atoms with Crippen LogP contribution in [-0.2, 0) is 29.9 Å². The molecule has 7 nitrogen and oxygen atoms in total. The number of benzene rings is 2. The van der Waals surface area contributed by atoms with Crippen molar-refractivity contribution < 1.29 is 31.2 Å². The van der Waals surface area contributed by atoms with Gasteiger partial charge < -0.3 is 18.6 Å². The molecule has 0 heterocycles. The summed E-state index contributed by atoms with van der Waals surface area (Å²) in [5.74, 6) is 1.31. The van der Waals surface area contributed by atoms with Crippen LogP contribution < -0.4 is 9.47 Å². The number of hydrogen-bond acceptors (Lipinski definition) is 7. The van der Waals surface area contributed by atoms with Gasteiger partial charge in [-0.05, 0) is 54.7 Å². The monoisotopic (exact) mass is 538 g/mol. The molecule has 0 saturated heterocycles. The van der Waals surface area contributed by atoms with Crippen LogP contribution in [0.5, 0.6) is 11.5 Å². The van der Waals surface area contributed by atoms with Crippen LogP contribution in [0.1, 0.15) is 43.6 Å². The van der Waals surface area contributed by atoms with Crippen molar-refractivity contribution in [2.45, 2.75) is 64.5 Å². The molecule has 0 radical (unpaired) electrons. The van der Waals surface area contributed by atoms with E-state index in [9.17, 15) is 8.42 Å². The first-order chi connectivity index (χ1) is 16.7. The molecule has 0 unspecified atom stereocenters. The molecular weight excluding hydrogens is 496 g/mol. The highest BCUT2D eigenvalue weighted by Gasteiger charge is 2.42. The zero-order valence-corrected chi connectivity index (χ0v) is 24.9. The first-order valence-electron chi connectivity index (χ1n) is 12.1. The summed E-state index contributed by atoms with van der Waals surface area (Å²) in [7, 11) is -2.80. The van der Waals surface area contributed by atoms with Crippen molar-refractivity contribution in [3.63, 3.8) is 0 Å². The Morgan fingerprint density at radius 2 is 1.53 bits per heavy atom. The van der Waals surface area contributed by atoms with Gasteiger partial charge >= 0.3 is 0 Å². The number of rotatable bonds is 13. The van der Waals surface area contributed by atoms with Gasteiger partial charge in [-0.1, -0.05) is 51.1 Å². The van der Waals surface area contributed by atoms with Gasteiger partial charge in [-0.15, -0.1) is 0 Å². The highest BCUT2D eigenvalue weighted by molar-refractivity contribution is 7.85. The Hall–Kier alpha value is -1.91. The zero-order chi connectivity index (χ0) is 27.1. The van der Waals surface area contributed by atoms with E-state index < -0.39 is 30.6 Å². The standard InChI is InChI=1S/C27H42O7SSi/c1-20-23(30-5)17-22(18-24(20)31-6)26(34-36(8,9)27(2,3)4)25(19-33-35(7,28)29)32-16-15-21-13-11-10-12-14-21/h10-14,17-18,25-26H,15-16,19H2,1-9H3/t25-,26+/m0/s1. The molecule has 0 aliphatic heterocycles. The minimum absolute atomic E-state index is 0.0869. The fraction of sp³-hybridized carbons (Fsp3) is 0.556. The largest absolute Gasteiger partial charge is 0.496 e. The van der Waals surface area contributed by atoms with Gasteiger partial charge in [0, 0.05) is 5.56 Å². The molecule has 0 N–H and O–H groups in total. The second-order valence-corrected chi connectivity index (χ2v) is 16.9. The van der Waals surface area contributed by atoms with Crippen LogP contribution in [0.25, 0.3) is 0 Å². The quantitative estimate of drug-likeness (QED) is 0.240. The summed E-state index contributed by atoms with van der Waals surface area (Å²) in [6.07, 6.45) is 0.417. The highest BCUT2D eigenvalue weighted by Crippen LogP contribution is 2.43. The predicted molar refractivity (Wildman–Crippen MR) is 146 cm³/mol. The van der Waals surface area contributed by atoms with Gasteiger partial charge in [-0.2, -0.15) is 8.42 Å². The van der Waals surface area contributed by atoms with Gasteiger partial charge in [-0.25, -0.2) is 0 Å². The van der Waals surface area contributed by atoms with Crippen LogP contribution in [0.3, 0.4) is 0 Å². The van der Waals surface area contributed by atoms with E-state index in [-0.39, 0.29) is 11.6 Å². The van der Waals surface area contributed by atoms with E-state index >= 15 is 0 Å². The Balaban J connectivity index is 2.52. The third-order valence-corrected chi connectivity index (χ3v) is 11.7. The topological polar surface area (TPSA) is 80.3 Å². The molecule has 0 fully saturated rings. The molecule has 0 saturated carbocycles. The van der Waals surface area contributed by atoms with Crippen LogP contribution in [0, 0.1) is 6.92 Å². The molecule has 36 heavy (non-hydrogen) atoms. The molecular formula is C27H42O7SSi. The van der Waals surface area contributed by atoms with Gasteiger partial charge in [0.05, 0.1) is 39.8 Å². The third kappa shape index (κ3) is 8.59. The van der Waals surface area contributed by atoms with Crippen molar-refractivity contribution in [2.75, 3.05) is 33.7 Å². The molecule has 2 atom stereocenters. The number of ether oxygens (including phenoxy) is 3. The van der Waals surface area contributed by atoms with E-state index in [2.05, 4.69) is 33.9 Å². The molecule has 0 aliphatic rings. The van der Waals surface area contributed by atoms with Gasteiger partial charge in [0.1, 0.15) is 17.6 Å².